The van der Waals surface area contributed by atoms with E-state index in [2.05, 4.69) is 83.7 Å². The van der Waals surface area contributed by atoms with Gasteiger partial charge in [-0.05, 0) is 65.4 Å². The lowest BCUT2D eigenvalue weighted by Crippen LogP contribution is -2.33. The van der Waals surface area contributed by atoms with Crippen LogP contribution in [0.2, 0.25) is 0 Å². The van der Waals surface area contributed by atoms with Crippen molar-refractivity contribution in [2.45, 2.75) is 118 Å². The highest BCUT2D eigenvalue weighted by molar-refractivity contribution is 5.90. The molecule has 1 unspecified atom stereocenters. The number of hydrogen-bond acceptors (Lipinski definition) is 1. The fourth-order valence-corrected chi connectivity index (χ4v) is 5.07. The Hall–Kier alpha value is -1.50. The van der Waals surface area contributed by atoms with E-state index < -0.39 is 0 Å². The summed E-state index contributed by atoms with van der Waals surface area (Å²) in [4.78, 5) is 2.73. The molecule has 1 aromatic rings. The van der Waals surface area contributed by atoms with Gasteiger partial charge in [-0.2, -0.15) is 0 Å². The predicted octanol–water partition coefficient (Wildman–Crippen LogP) is 9.07. The van der Waals surface area contributed by atoms with Crippen molar-refractivity contribution < 1.29 is 0 Å². The number of hydrogen-bond donors (Lipinski definition) is 0. The first-order valence-corrected chi connectivity index (χ1v) is 13.1. The van der Waals surface area contributed by atoms with Crippen LogP contribution >= 0.6 is 0 Å². The minimum Gasteiger partial charge on any atom is -0.364 e. The Morgan fingerprint density at radius 1 is 0.871 bits per heavy atom. The summed E-state index contributed by atoms with van der Waals surface area (Å²) < 4.78 is 0. The summed E-state index contributed by atoms with van der Waals surface area (Å²) in [6, 6.07) is 7.89. The number of allylic oxidation sites excluding steroid dienone is 2. The van der Waals surface area contributed by atoms with E-state index in [0.717, 1.165) is 6.42 Å². The Balaban J connectivity index is 1.89. The third-order valence-electron chi connectivity index (χ3n) is 8.31. The zero-order valence-electron chi connectivity index (χ0n) is 21.5. The summed E-state index contributed by atoms with van der Waals surface area (Å²) in [5.74, 6) is 0. The van der Waals surface area contributed by atoms with Crippen LogP contribution in [0.3, 0.4) is 0 Å². The quantitative estimate of drug-likeness (QED) is 0.322. The minimum absolute atomic E-state index is 0.230. The van der Waals surface area contributed by atoms with Crippen LogP contribution in [-0.4, -0.2) is 12.6 Å². The molecule has 0 N–H and O–H groups in total. The standard InChI is InChI=1S/C30H47N/c1-8-11-12-13-14-15-20-31-27-18-16-23(29(4,5)9-2)21-25(27)26-22-24(17-19-28(26)31)30(6,7)10-3/h16-18,21-22,28H,8-15,19-20H2,1-7H3. The maximum Gasteiger partial charge on any atom is 0.0583 e. The van der Waals surface area contributed by atoms with Gasteiger partial charge in [-0.3, -0.25) is 0 Å². The normalized spacial score (nSPS) is 18.5. The van der Waals surface area contributed by atoms with Gasteiger partial charge in [0.2, 0.25) is 0 Å². The molecule has 0 radical (unpaired) electrons. The molecule has 0 saturated heterocycles. The Labute approximate surface area is 193 Å². The average molecular weight is 422 g/mol. The second-order valence-corrected chi connectivity index (χ2v) is 11.2. The molecule has 1 heterocycles. The smallest absolute Gasteiger partial charge is 0.0583 e. The summed E-state index contributed by atoms with van der Waals surface area (Å²) in [6.45, 7) is 17.7. The SMILES string of the molecule is CCCCCCCCN1c2ccc(C(C)(C)CC)cc2C2=CC(C(C)(C)CC)=CCC21. The minimum atomic E-state index is 0.230. The van der Waals surface area contributed by atoms with Crippen molar-refractivity contribution >= 4 is 11.3 Å². The summed E-state index contributed by atoms with van der Waals surface area (Å²) in [6.07, 6.45) is 16.8. The molecule has 0 fully saturated rings. The maximum absolute atomic E-state index is 2.73. The summed E-state index contributed by atoms with van der Waals surface area (Å²) in [5, 5.41) is 0. The Morgan fingerprint density at radius 2 is 1.55 bits per heavy atom. The molecular weight excluding hydrogens is 374 g/mol. The van der Waals surface area contributed by atoms with Gasteiger partial charge < -0.3 is 4.90 Å². The van der Waals surface area contributed by atoms with Crippen molar-refractivity contribution in [3.05, 3.63) is 47.1 Å². The van der Waals surface area contributed by atoms with Gasteiger partial charge in [0, 0.05) is 17.8 Å². The number of anilines is 1. The topological polar surface area (TPSA) is 3.24 Å². The Bertz CT molecular complexity index is 808. The molecule has 172 valence electrons. The van der Waals surface area contributed by atoms with Crippen molar-refractivity contribution in [3.63, 3.8) is 0 Å². The third kappa shape index (κ3) is 5.12. The van der Waals surface area contributed by atoms with Crippen LogP contribution in [0.5, 0.6) is 0 Å². The molecule has 1 heteroatoms. The fraction of sp³-hybridized carbons (Fsp3) is 0.667. The third-order valence-corrected chi connectivity index (χ3v) is 8.31. The lowest BCUT2D eigenvalue weighted by atomic mass is 9.76. The molecular formula is C30H47N. The number of rotatable bonds is 11. The molecule has 0 saturated carbocycles. The van der Waals surface area contributed by atoms with Crippen LogP contribution in [0.4, 0.5) is 5.69 Å². The van der Waals surface area contributed by atoms with Crippen molar-refractivity contribution in [3.8, 4) is 0 Å². The summed E-state index contributed by atoms with van der Waals surface area (Å²) in [7, 11) is 0. The van der Waals surface area contributed by atoms with Gasteiger partial charge >= 0.3 is 0 Å². The van der Waals surface area contributed by atoms with Gasteiger partial charge in [0.25, 0.3) is 0 Å². The highest BCUT2D eigenvalue weighted by Gasteiger charge is 2.37. The molecule has 0 aromatic heterocycles. The predicted molar refractivity (Wildman–Crippen MR) is 139 cm³/mol. The van der Waals surface area contributed by atoms with Crippen LogP contribution < -0.4 is 4.90 Å². The molecule has 0 bridgehead atoms. The highest BCUT2D eigenvalue weighted by atomic mass is 15.2. The first-order chi connectivity index (χ1) is 14.7. The van der Waals surface area contributed by atoms with Crippen LogP contribution in [0.15, 0.2) is 35.9 Å². The van der Waals surface area contributed by atoms with E-state index in [1.807, 2.05) is 0 Å². The molecule has 0 spiro atoms. The van der Waals surface area contributed by atoms with Gasteiger partial charge in [0.15, 0.2) is 0 Å². The Kier molecular flexibility index (Phi) is 7.76. The number of fused-ring (bicyclic) bond motifs is 3. The van der Waals surface area contributed by atoms with Gasteiger partial charge in [-0.1, -0.05) is 98.8 Å². The number of nitrogens with zero attached hydrogens (tertiary/aromatic N) is 1. The van der Waals surface area contributed by atoms with E-state index in [1.54, 1.807) is 5.57 Å². The van der Waals surface area contributed by atoms with Crippen molar-refractivity contribution in [1.29, 1.82) is 0 Å². The first-order valence-electron chi connectivity index (χ1n) is 13.1. The lowest BCUT2D eigenvalue weighted by Gasteiger charge is -2.33. The molecule has 1 aliphatic heterocycles. The van der Waals surface area contributed by atoms with E-state index >= 15 is 0 Å². The second-order valence-electron chi connectivity index (χ2n) is 11.2. The van der Waals surface area contributed by atoms with Crippen molar-refractivity contribution in [2.75, 3.05) is 11.4 Å². The van der Waals surface area contributed by atoms with Gasteiger partial charge in [-0.25, -0.2) is 0 Å². The van der Waals surface area contributed by atoms with Crippen LogP contribution in [0, 0.1) is 5.41 Å². The van der Waals surface area contributed by atoms with E-state index in [0.29, 0.717) is 6.04 Å². The number of unbranched alkanes of at least 4 members (excludes halogenated alkanes) is 5. The molecule has 1 nitrogen and oxygen atoms in total. The van der Waals surface area contributed by atoms with E-state index in [9.17, 15) is 0 Å². The first kappa shape index (κ1) is 24.1. The molecule has 1 aromatic carbocycles. The van der Waals surface area contributed by atoms with Gasteiger partial charge in [-0.15, -0.1) is 0 Å². The maximum atomic E-state index is 2.73. The number of benzene rings is 1. The Morgan fingerprint density at radius 3 is 2.23 bits per heavy atom. The highest BCUT2D eigenvalue weighted by Crippen LogP contribution is 2.48. The summed E-state index contributed by atoms with van der Waals surface area (Å²) in [5.41, 5.74) is 8.07. The zero-order valence-corrected chi connectivity index (χ0v) is 21.5. The lowest BCUT2D eigenvalue weighted by molar-refractivity contribution is 0.436. The molecule has 3 rings (SSSR count). The average Bonchev–Trinajstić information content (AvgIpc) is 3.08. The summed E-state index contributed by atoms with van der Waals surface area (Å²) >= 11 is 0. The molecule has 31 heavy (non-hydrogen) atoms. The fourth-order valence-electron chi connectivity index (χ4n) is 5.07. The largest absolute Gasteiger partial charge is 0.364 e. The van der Waals surface area contributed by atoms with Crippen molar-refractivity contribution in [1.82, 2.24) is 0 Å². The second kappa shape index (κ2) is 9.97. The van der Waals surface area contributed by atoms with E-state index in [4.69, 9.17) is 0 Å². The molecule has 1 aliphatic carbocycles. The van der Waals surface area contributed by atoms with Crippen LogP contribution in [-0.2, 0) is 5.41 Å². The monoisotopic (exact) mass is 421 g/mol. The van der Waals surface area contributed by atoms with E-state index in [-0.39, 0.29) is 10.8 Å². The van der Waals surface area contributed by atoms with Gasteiger partial charge in [0.05, 0.1) is 6.04 Å². The van der Waals surface area contributed by atoms with Crippen LogP contribution in [0.25, 0.3) is 5.57 Å². The molecule has 2 aliphatic rings. The molecule has 1 atom stereocenters. The zero-order chi connectivity index (χ0) is 22.6. The van der Waals surface area contributed by atoms with E-state index in [1.165, 1.54) is 80.3 Å². The van der Waals surface area contributed by atoms with Gasteiger partial charge in [0.1, 0.15) is 0 Å². The molecule has 0 amide bonds. The van der Waals surface area contributed by atoms with Crippen molar-refractivity contribution in [2.24, 2.45) is 5.41 Å². The van der Waals surface area contributed by atoms with Crippen LogP contribution in [0.1, 0.15) is 117 Å².